The first-order valence-electron chi connectivity index (χ1n) is 5.75. The van der Waals surface area contributed by atoms with E-state index in [0.717, 1.165) is 0 Å². The maximum Gasteiger partial charge on any atom is 0.323 e. The molecule has 0 fully saturated rings. The quantitative estimate of drug-likeness (QED) is 0.424. The molecule has 0 bridgehead atoms. The van der Waals surface area contributed by atoms with Crippen LogP contribution in [-0.2, 0) is 9.53 Å². The van der Waals surface area contributed by atoms with Gasteiger partial charge in [0.15, 0.2) is 5.16 Å². The van der Waals surface area contributed by atoms with E-state index in [1.165, 1.54) is 24.0 Å². The molecule has 7 heteroatoms. The van der Waals surface area contributed by atoms with Gasteiger partial charge < -0.3 is 15.0 Å². The maximum atomic E-state index is 11.6. The average Bonchev–Trinajstić information content (AvgIpc) is 2.35. The molecule has 0 saturated carbocycles. The number of ether oxygens (including phenoxy) is 1. The standard InChI is InChI=1S/C11H17N3O3S/c1-3-12-8(10(16)17-4-2)7-18-11-13-6-5-9(15)14-11/h5-6,8,12H,3-4,7H2,1-2H3,(H,13,14,15). The van der Waals surface area contributed by atoms with Gasteiger partial charge >= 0.3 is 5.97 Å². The molecule has 1 atom stereocenters. The van der Waals surface area contributed by atoms with Crippen LogP contribution < -0.4 is 10.9 Å². The molecule has 1 aromatic rings. The number of carbonyl (C=O) groups excluding carboxylic acids is 1. The summed E-state index contributed by atoms with van der Waals surface area (Å²) in [6, 6.07) is 0.947. The van der Waals surface area contributed by atoms with Crippen molar-refractivity contribution in [3.8, 4) is 0 Å². The van der Waals surface area contributed by atoms with Gasteiger partial charge in [0.25, 0.3) is 5.56 Å². The molecule has 0 aromatic carbocycles. The zero-order valence-corrected chi connectivity index (χ0v) is 11.3. The van der Waals surface area contributed by atoms with Crippen LogP contribution in [0.3, 0.4) is 0 Å². The highest BCUT2D eigenvalue weighted by Crippen LogP contribution is 2.12. The number of likely N-dealkylation sites (N-methyl/N-ethyl adjacent to an activating group) is 1. The van der Waals surface area contributed by atoms with Crippen LogP contribution in [-0.4, -0.2) is 40.9 Å². The highest BCUT2D eigenvalue weighted by Gasteiger charge is 2.19. The van der Waals surface area contributed by atoms with E-state index < -0.39 is 6.04 Å². The fraction of sp³-hybridized carbons (Fsp3) is 0.545. The van der Waals surface area contributed by atoms with Gasteiger partial charge in [-0.2, -0.15) is 0 Å². The van der Waals surface area contributed by atoms with Crippen molar-refractivity contribution in [2.24, 2.45) is 0 Å². The Morgan fingerprint density at radius 2 is 2.39 bits per heavy atom. The van der Waals surface area contributed by atoms with Gasteiger partial charge in [-0.05, 0) is 13.5 Å². The number of nitrogens with one attached hydrogen (secondary N) is 2. The minimum Gasteiger partial charge on any atom is -0.465 e. The van der Waals surface area contributed by atoms with Gasteiger partial charge in [0.05, 0.1) is 6.61 Å². The number of aromatic nitrogens is 2. The highest BCUT2D eigenvalue weighted by molar-refractivity contribution is 7.99. The topological polar surface area (TPSA) is 84.1 Å². The van der Waals surface area contributed by atoms with Crippen LogP contribution in [0.5, 0.6) is 0 Å². The molecular formula is C11H17N3O3S. The van der Waals surface area contributed by atoms with Crippen LogP contribution >= 0.6 is 11.8 Å². The Kier molecular flexibility index (Phi) is 6.45. The first-order valence-corrected chi connectivity index (χ1v) is 6.74. The normalized spacial score (nSPS) is 12.1. The molecule has 0 radical (unpaired) electrons. The van der Waals surface area contributed by atoms with E-state index >= 15 is 0 Å². The van der Waals surface area contributed by atoms with Crippen molar-refractivity contribution in [1.29, 1.82) is 0 Å². The molecule has 1 heterocycles. The van der Waals surface area contributed by atoms with Gasteiger partial charge in [-0.15, -0.1) is 0 Å². The lowest BCUT2D eigenvalue weighted by Gasteiger charge is -2.15. The number of nitrogens with zero attached hydrogens (tertiary/aromatic N) is 1. The summed E-state index contributed by atoms with van der Waals surface area (Å²) in [4.78, 5) is 29.3. The molecule has 1 unspecified atom stereocenters. The first-order chi connectivity index (χ1) is 8.67. The lowest BCUT2D eigenvalue weighted by atomic mass is 10.3. The Labute approximate surface area is 110 Å². The van der Waals surface area contributed by atoms with Crippen molar-refractivity contribution in [2.75, 3.05) is 18.9 Å². The van der Waals surface area contributed by atoms with Crippen molar-refractivity contribution in [1.82, 2.24) is 15.3 Å². The van der Waals surface area contributed by atoms with Gasteiger partial charge in [-0.25, -0.2) is 4.98 Å². The molecule has 6 nitrogen and oxygen atoms in total. The van der Waals surface area contributed by atoms with Crippen molar-refractivity contribution >= 4 is 17.7 Å². The summed E-state index contributed by atoms with van der Waals surface area (Å²) in [7, 11) is 0. The summed E-state index contributed by atoms with van der Waals surface area (Å²) in [5, 5.41) is 3.53. The van der Waals surface area contributed by atoms with E-state index in [1.54, 1.807) is 6.92 Å². The second-order valence-electron chi connectivity index (χ2n) is 3.41. The highest BCUT2D eigenvalue weighted by atomic mass is 32.2. The third-order valence-corrected chi connectivity index (χ3v) is 3.04. The summed E-state index contributed by atoms with van der Waals surface area (Å²) in [6.07, 6.45) is 1.44. The maximum absolute atomic E-state index is 11.6. The molecule has 18 heavy (non-hydrogen) atoms. The van der Waals surface area contributed by atoms with Crippen molar-refractivity contribution in [3.05, 3.63) is 22.6 Å². The Balaban J connectivity index is 2.56. The lowest BCUT2D eigenvalue weighted by Crippen LogP contribution is -2.40. The SMILES string of the molecule is CCNC(CSc1nccc(=O)[nH]1)C(=O)OCC. The number of aromatic amines is 1. The zero-order chi connectivity index (χ0) is 13.4. The molecule has 0 spiro atoms. The summed E-state index contributed by atoms with van der Waals surface area (Å²) in [5.41, 5.74) is -0.205. The number of esters is 1. The zero-order valence-electron chi connectivity index (χ0n) is 10.4. The summed E-state index contributed by atoms with van der Waals surface area (Å²) < 4.78 is 4.96. The molecule has 0 aliphatic carbocycles. The van der Waals surface area contributed by atoms with Crippen LogP contribution in [0.15, 0.2) is 22.2 Å². The van der Waals surface area contributed by atoms with Gasteiger partial charge in [0, 0.05) is 18.0 Å². The Hall–Kier alpha value is -1.34. The molecule has 1 rings (SSSR count). The van der Waals surface area contributed by atoms with Gasteiger partial charge in [0.1, 0.15) is 6.04 Å². The Morgan fingerprint density at radius 1 is 1.61 bits per heavy atom. The first kappa shape index (κ1) is 14.7. The number of thioether (sulfide) groups is 1. The van der Waals surface area contributed by atoms with Gasteiger partial charge in [-0.3, -0.25) is 9.59 Å². The Bertz CT molecular complexity index is 436. The largest absolute Gasteiger partial charge is 0.465 e. The van der Waals surface area contributed by atoms with Crippen LogP contribution in [0.4, 0.5) is 0 Å². The molecule has 100 valence electrons. The van der Waals surface area contributed by atoms with Crippen LogP contribution in [0.2, 0.25) is 0 Å². The predicted molar refractivity (Wildman–Crippen MR) is 69.7 cm³/mol. The van der Waals surface area contributed by atoms with Crippen molar-refractivity contribution in [2.45, 2.75) is 25.0 Å². The molecule has 0 amide bonds. The van der Waals surface area contributed by atoms with E-state index in [9.17, 15) is 9.59 Å². The fourth-order valence-corrected chi connectivity index (χ4v) is 2.17. The molecule has 1 aromatic heterocycles. The molecule has 2 N–H and O–H groups in total. The third kappa shape index (κ3) is 4.89. The van der Waals surface area contributed by atoms with E-state index in [2.05, 4.69) is 15.3 Å². The second kappa shape index (κ2) is 7.88. The van der Waals surface area contributed by atoms with Crippen molar-refractivity contribution in [3.63, 3.8) is 0 Å². The van der Waals surface area contributed by atoms with Crippen LogP contribution in [0.1, 0.15) is 13.8 Å². The summed E-state index contributed by atoms with van der Waals surface area (Å²) in [5.74, 6) is 0.171. The smallest absolute Gasteiger partial charge is 0.323 e. The summed E-state index contributed by atoms with van der Waals surface area (Å²) in [6.45, 7) is 4.71. The van der Waals surface area contributed by atoms with Gasteiger partial charge in [-0.1, -0.05) is 18.7 Å². The minimum absolute atomic E-state index is 0.205. The number of H-pyrrole nitrogens is 1. The van der Waals surface area contributed by atoms with Crippen LogP contribution in [0.25, 0.3) is 0 Å². The van der Waals surface area contributed by atoms with E-state index in [-0.39, 0.29) is 11.5 Å². The number of carbonyl (C=O) groups is 1. The van der Waals surface area contributed by atoms with Gasteiger partial charge in [0.2, 0.25) is 0 Å². The number of hydrogen-bond acceptors (Lipinski definition) is 6. The van der Waals surface area contributed by atoms with Crippen LogP contribution in [0, 0.1) is 0 Å². The lowest BCUT2D eigenvalue weighted by molar-refractivity contribution is -0.144. The van der Waals surface area contributed by atoms with E-state index in [4.69, 9.17) is 4.74 Å². The second-order valence-corrected chi connectivity index (χ2v) is 4.42. The Morgan fingerprint density at radius 3 is 3.00 bits per heavy atom. The van der Waals surface area contributed by atoms with E-state index in [0.29, 0.717) is 24.1 Å². The molecule has 0 saturated heterocycles. The predicted octanol–water partition coefficient (Wildman–Crippen LogP) is 0.403. The molecule has 0 aliphatic rings. The monoisotopic (exact) mass is 271 g/mol. The molecular weight excluding hydrogens is 254 g/mol. The average molecular weight is 271 g/mol. The van der Waals surface area contributed by atoms with E-state index in [1.807, 2.05) is 6.92 Å². The van der Waals surface area contributed by atoms with Crippen molar-refractivity contribution < 1.29 is 9.53 Å². The summed E-state index contributed by atoms with van der Waals surface area (Å²) >= 11 is 1.31. The fourth-order valence-electron chi connectivity index (χ4n) is 1.29. The molecule has 0 aliphatic heterocycles. The number of hydrogen-bond donors (Lipinski definition) is 2. The third-order valence-electron chi connectivity index (χ3n) is 2.06. The number of rotatable bonds is 7. The minimum atomic E-state index is -0.398.